The first-order valence-corrected chi connectivity index (χ1v) is 3.62. The zero-order chi connectivity index (χ0) is 8.69. The van der Waals surface area contributed by atoms with Crippen LogP contribution in [0, 0.1) is 0 Å². The van der Waals surface area contributed by atoms with Gasteiger partial charge in [0.15, 0.2) is 5.11 Å². The summed E-state index contributed by atoms with van der Waals surface area (Å²) < 4.78 is 0. The molecule has 5 nitrogen and oxygen atoms in total. The molecule has 0 aromatic heterocycles. The maximum absolute atomic E-state index is 10.8. The number of hydrazine groups is 1. The minimum Gasteiger partial charge on any atom is -0.355 e. The standard InChI is InChI=1S/C5H12N4OS/c1-2-7-4(10)3-8-5(11)9-6/h2-3,6H2,1H3,(H,7,10)(H2,8,9,11). The number of hydrogen-bond donors (Lipinski definition) is 4. The fourth-order valence-electron chi connectivity index (χ4n) is 0.471. The second-order valence-electron chi connectivity index (χ2n) is 1.78. The molecule has 0 unspecified atom stereocenters. The van der Waals surface area contributed by atoms with Crippen molar-refractivity contribution >= 4 is 23.2 Å². The van der Waals surface area contributed by atoms with E-state index in [1.165, 1.54) is 0 Å². The van der Waals surface area contributed by atoms with E-state index in [0.717, 1.165) is 0 Å². The molecule has 0 aliphatic rings. The van der Waals surface area contributed by atoms with Gasteiger partial charge in [-0.25, -0.2) is 5.84 Å². The first-order chi connectivity index (χ1) is 5.20. The van der Waals surface area contributed by atoms with E-state index in [4.69, 9.17) is 5.84 Å². The van der Waals surface area contributed by atoms with E-state index in [0.29, 0.717) is 6.54 Å². The average Bonchev–Trinajstić information content (AvgIpc) is 2.01. The molecule has 1 amide bonds. The molecule has 5 N–H and O–H groups in total. The van der Waals surface area contributed by atoms with Crippen LogP contribution in [-0.2, 0) is 4.79 Å². The number of thiocarbonyl (C=S) groups is 1. The molecule has 0 aromatic carbocycles. The van der Waals surface area contributed by atoms with Crippen LogP contribution in [0.2, 0.25) is 0 Å². The lowest BCUT2D eigenvalue weighted by molar-refractivity contribution is -0.119. The molecular formula is C5H12N4OS. The number of amides is 1. The molecule has 0 bridgehead atoms. The highest BCUT2D eigenvalue weighted by Crippen LogP contribution is 1.64. The van der Waals surface area contributed by atoms with E-state index in [-0.39, 0.29) is 17.6 Å². The first-order valence-electron chi connectivity index (χ1n) is 3.21. The van der Waals surface area contributed by atoms with Crippen LogP contribution in [0.3, 0.4) is 0 Å². The fourth-order valence-corrected chi connectivity index (χ4v) is 0.543. The van der Waals surface area contributed by atoms with E-state index in [1.54, 1.807) is 0 Å². The van der Waals surface area contributed by atoms with Gasteiger partial charge in [-0.1, -0.05) is 0 Å². The lowest BCUT2D eigenvalue weighted by atomic mass is 10.5. The van der Waals surface area contributed by atoms with Crippen LogP contribution in [0.15, 0.2) is 0 Å². The zero-order valence-electron chi connectivity index (χ0n) is 6.31. The highest BCUT2D eigenvalue weighted by atomic mass is 32.1. The van der Waals surface area contributed by atoms with Gasteiger partial charge < -0.3 is 16.1 Å². The molecule has 0 radical (unpaired) electrons. The predicted molar refractivity (Wildman–Crippen MR) is 46.6 cm³/mol. The van der Waals surface area contributed by atoms with Gasteiger partial charge in [-0.2, -0.15) is 0 Å². The van der Waals surface area contributed by atoms with Crippen molar-refractivity contribution in [2.45, 2.75) is 6.92 Å². The van der Waals surface area contributed by atoms with Crippen molar-refractivity contribution in [2.24, 2.45) is 5.84 Å². The summed E-state index contributed by atoms with van der Waals surface area (Å²) in [6.07, 6.45) is 0. The molecule has 0 saturated heterocycles. The molecule has 0 rings (SSSR count). The molecule has 64 valence electrons. The molecule has 0 saturated carbocycles. The normalized spacial score (nSPS) is 8.55. The summed E-state index contributed by atoms with van der Waals surface area (Å²) in [5.41, 5.74) is 2.20. The topological polar surface area (TPSA) is 79.2 Å². The van der Waals surface area contributed by atoms with Gasteiger partial charge in [-0.3, -0.25) is 4.79 Å². The summed E-state index contributed by atoms with van der Waals surface area (Å²) in [5.74, 6) is 4.84. The fraction of sp³-hybridized carbons (Fsp3) is 0.600. The Labute approximate surface area is 70.7 Å². The molecular weight excluding hydrogens is 164 g/mol. The first kappa shape index (κ1) is 10.1. The number of likely N-dealkylation sites (N-methyl/N-ethyl adjacent to an activating group) is 1. The number of carbonyl (C=O) groups excluding carboxylic acids is 1. The van der Waals surface area contributed by atoms with Gasteiger partial charge in [0.2, 0.25) is 5.91 Å². The SMILES string of the molecule is CCNC(=O)CNC(=S)NN. The summed E-state index contributed by atoms with van der Waals surface area (Å²) in [5, 5.41) is 5.46. The molecule has 6 heteroatoms. The Morgan fingerprint density at radius 2 is 2.18 bits per heavy atom. The monoisotopic (exact) mass is 176 g/mol. The predicted octanol–water partition coefficient (Wildman–Crippen LogP) is -1.54. The number of rotatable bonds is 3. The molecule has 0 aliphatic carbocycles. The third kappa shape index (κ3) is 5.56. The maximum Gasteiger partial charge on any atom is 0.239 e. The van der Waals surface area contributed by atoms with Crippen molar-refractivity contribution < 1.29 is 4.79 Å². The summed E-state index contributed by atoms with van der Waals surface area (Å²) in [6.45, 7) is 2.61. The Balaban J connectivity index is 3.38. The maximum atomic E-state index is 10.8. The van der Waals surface area contributed by atoms with Gasteiger partial charge in [-0.15, -0.1) is 0 Å². The second kappa shape index (κ2) is 5.87. The van der Waals surface area contributed by atoms with Gasteiger partial charge in [0, 0.05) is 6.54 Å². The van der Waals surface area contributed by atoms with Crippen LogP contribution in [0.4, 0.5) is 0 Å². The third-order valence-electron chi connectivity index (χ3n) is 0.915. The Bertz CT molecular complexity index is 149. The van der Waals surface area contributed by atoms with Gasteiger partial charge >= 0.3 is 0 Å². The highest BCUT2D eigenvalue weighted by Gasteiger charge is 1.98. The van der Waals surface area contributed by atoms with E-state index in [9.17, 15) is 4.79 Å². The highest BCUT2D eigenvalue weighted by molar-refractivity contribution is 7.80. The van der Waals surface area contributed by atoms with Crippen molar-refractivity contribution in [2.75, 3.05) is 13.1 Å². The van der Waals surface area contributed by atoms with E-state index in [1.807, 2.05) is 6.92 Å². The zero-order valence-corrected chi connectivity index (χ0v) is 7.12. The molecule has 0 heterocycles. The van der Waals surface area contributed by atoms with Crippen molar-refractivity contribution in [3.05, 3.63) is 0 Å². The largest absolute Gasteiger partial charge is 0.355 e. The van der Waals surface area contributed by atoms with Crippen LogP contribution in [0.25, 0.3) is 0 Å². The Kier molecular flexibility index (Phi) is 5.40. The van der Waals surface area contributed by atoms with Crippen molar-refractivity contribution in [3.63, 3.8) is 0 Å². The van der Waals surface area contributed by atoms with Gasteiger partial charge in [0.1, 0.15) is 0 Å². The quantitative estimate of drug-likeness (QED) is 0.238. The van der Waals surface area contributed by atoms with E-state index in [2.05, 4.69) is 28.3 Å². The molecule has 0 atom stereocenters. The average molecular weight is 176 g/mol. The van der Waals surface area contributed by atoms with Crippen LogP contribution < -0.4 is 21.9 Å². The van der Waals surface area contributed by atoms with Crippen LogP contribution >= 0.6 is 12.2 Å². The van der Waals surface area contributed by atoms with Crippen LogP contribution in [0.1, 0.15) is 6.92 Å². The van der Waals surface area contributed by atoms with E-state index < -0.39 is 0 Å². The van der Waals surface area contributed by atoms with Crippen molar-refractivity contribution in [1.82, 2.24) is 16.1 Å². The lowest BCUT2D eigenvalue weighted by Gasteiger charge is -2.05. The van der Waals surface area contributed by atoms with Gasteiger partial charge in [0.05, 0.1) is 6.54 Å². The minimum absolute atomic E-state index is 0.106. The van der Waals surface area contributed by atoms with Gasteiger partial charge in [-0.05, 0) is 19.1 Å². The Morgan fingerprint density at radius 1 is 1.55 bits per heavy atom. The summed E-state index contributed by atoms with van der Waals surface area (Å²) in [7, 11) is 0. The number of nitrogens with two attached hydrogens (primary N) is 1. The molecule has 0 fully saturated rings. The third-order valence-corrected chi connectivity index (χ3v) is 1.18. The summed E-state index contributed by atoms with van der Waals surface area (Å²) in [6, 6.07) is 0. The lowest BCUT2D eigenvalue weighted by Crippen LogP contribution is -2.44. The Morgan fingerprint density at radius 3 is 2.64 bits per heavy atom. The number of hydrogen-bond acceptors (Lipinski definition) is 3. The molecule has 0 aliphatic heterocycles. The molecule has 0 aromatic rings. The Hall–Kier alpha value is -0.880. The van der Waals surface area contributed by atoms with Gasteiger partial charge in [0.25, 0.3) is 0 Å². The van der Waals surface area contributed by atoms with Crippen molar-refractivity contribution in [1.29, 1.82) is 0 Å². The molecule has 11 heavy (non-hydrogen) atoms. The number of nitrogens with one attached hydrogen (secondary N) is 3. The van der Waals surface area contributed by atoms with Crippen molar-refractivity contribution in [3.8, 4) is 0 Å². The summed E-state index contributed by atoms with van der Waals surface area (Å²) in [4.78, 5) is 10.8. The smallest absolute Gasteiger partial charge is 0.239 e. The molecule has 0 spiro atoms. The van der Waals surface area contributed by atoms with E-state index >= 15 is 0 Å². The van der Waals surface area contributed by atoms with Crippen LogP contribution in [-0.4, -0.2) is 24.1 Å². The second-order valence-corrected chi connectivity index (χ2v) is 2.19. The summed E-state index contributed by atoms with van der Waals surface area (Å²) >= 11 is 4.63. The number of carbonyl (C=O) groups is 1. The minimum atomic E-state index is -0.106. The van der Waals surface area contributed by atoms with Crippen LogP contribution in [0.5, 0.6) is 0 Å².